The average molecular weight is 367 g/mol. The summed E-state index contributed by atoms with van der Waals surface area (Å²) < 4.78 is 5.28. The van der Waals surface area contributed by atoms with Gasteiger partial charge in [0.15, 0.2) is 0 Å². The largest absolute Gasteiger partial charge is 0.442 e. The van der Waals surface area contributed by atoms with Crippen LogP contribution in [-0.2, 0) is 9.53 Å². The van der Waals surface area contributed by atoms with Gasteiger partial charge in [0.2, 0.25) is 11.3 Å². The van der Waals surface area contributed by atoms with Gasteiger partial charge in [0, 0.05) is 19.7 Å². The molecular formula is C20H21N3O4. The third-order valence-corrected chi connectivity index (χ3v) is 4.34. The molecule has 0 spiro atoms. The molecule has 1 fully saturated rings. The Morgan fingerprint density at radius 2 is 1.70 bits per heavy atom. The minimum Gasteiger partial charge on any atom is -0.442 e. The average Bonchev–Trinajstić information content (AvgIpc) is 2.92. The molecule has 27 heavy (non-hydrogen) atoms. The van der Waals surface area contributed by atoms with Crippen molar-refractivity contribution in [3.8, 4) is 11.1 Å². The predicted octanol–water partition coefficient (Wildman–Crippen LogP) is 2.22. The first-order valence-electron chi connectivity index (χ1n) is 8.63. The molecule has 1 saturated heterocycles. The van der Waals surface area contributed by atoms with Crippen LogP contribution in [0.4, 0.5) is 16.2 Å². The Bertz CT molecular complexity index is 912. The number of rotatable bonds is 5. The topological polar surface area (TPSA) is 87.7 Å². The fraction of sp³-hybridized carbons (Fsp3) is 0.250. The lowest BCUT2D eigenvalue weighted by Gasteiger charge is -2.13. The SMILES string of the molecule is CNc1ccc(-c2ccc(N3C[C@H](CNC(C)=O)OC3=O)cc2)ccc1=O. The van der Waals surface area contributed by atoms with E-state index in [9.17, 15) is 14.4 Å². The molecule has 0 aliphatic carbocycles. The molecule has 0 aromatic heterocycles. The number of hydrogen-bond donors (Lipinski definition) is 2. The first-order valence-corrected chi connectivity index (χ1v) is 8.63. The van der Waals surface area contributed by atoms with Crippen LogP contribution in [0.2, 0.25) is 0 Å². The molecule has 2 amide bonds. The van der Waals surface area contributed by atoms with E-state index in [0.29, 0.717) is 18.8 Å². The maximum atomic E-state index is 12.1. The van der Waals surface area contributed by atoms with E-state index in [-0.39, 0.29) is 17.4 Å². The smallest absolute Gasteiger partial charge is 0.414 e. The lowest BCUT2D eigenvalue weighted by Crippen LogP contribution is -2.33. The summed E-state index contributed by atoms with van der Waals surface area (Å²) in [7, 11) is 1.71. The van der Waals surface area contributed by atoms with E-state index < -0.39 is 6.09 Å². The van der Waals surface area contributed by atoms with Crippen molar-refractivity contribution in [2.75, 3.05) is 30.4 Å². The number of carbonyl (C=O) groups is 2. The zero-order chi connectivity index (χ0) is 19.4. The normalized spacial score (nSPS) is 16.0. The van der Waals surface area contributed by atoms with Crippen LogP contribution in [0.3, 0.4) is 0 Å². The van der Waals surface area contributed by atoms with Crippen LogP contribution in [0, 0.1) is 0 Å². The molecule has 2 aromatic carbocycles. The molecule has 3 rings (SSSR count). The minimum absolute atomic E-state index is 0.0783. The van der Waals surface area contributed by atoms with Gasteiger partial charge in [0.05, 0.1) is 18.8 Å². The summed E-state index contributed by atoms with van der Waals surface area (Å²) in [5, 5.41) is 5.52. The summed E-state index contributed by atoms with van der Waals surface area (Å²) in [6.45, 7) is 2.09. The van der Waals surface area contributed by atoms with Gasteiger partial charge < -0.3 is 15.4 Å². The van der Waals surface area contributed by atoms with E-state index in [2.05, 4.69) is 10.6 Å². The number of amides is 2. The third kappa shape index (κ3) is 4.25. The lowest BCUT2D eigenvalue weighted by molar-refractivity contribution is -0.119. The predicted molar refractivity (Wildman–Crippen MR) is 104 cm³/mol. The summed E-state index contributed by atoms with van der Waals surface area (Å²) in [4.78, 5) is 36.5. The molecular weight excluding hydrogens is 346 g/mol. The molecule has 7 nitrogen and oxygen atoms in total. The fourth-order valence-electron chi connectivity index (χ4n) is 2.90. The van der Waals surface area contributed by atoms with Gasteiger partial charge in [-0.15, -0.1) is 0 Å². The van der Waals surface area contributed by atoms with Crippen LogP contribution >= 0.6 is 0 Å². The van der Waals surface area contributed by atoms with E-state index in [1.165, 1.54) is 17.9 Å². The van der Waals surface area contributed by atoms with Crippen LogP contribution in [0.5, 0.6) is 0 Å². The highest BCUT2D eigenvalue weighted by molar-refractivity contribution is 5.90. The number of benzene rings is 1. The van der Waals surface area contributed by atoms with E-state index in [1.807, 2.05) is 30.3 Å². The maximum Gasteiger partial charge on any atom is 0.414 e. The van der Waals surface area contributed by atoms with Crippen molar-refractivity contribution in [3.05, 3.63) is 58.8 Å². The number of nitrogens with one attached hydrogen (secondary N) is 2. The van der Waals surface area contributed by atoms with Crippen molar-refractivity contribution in [2.45, 2.75) is 13.0 Å². The van der Waals surface area contributed by atoms with Crippen molar-refractivity contribution in [3.63, 3.8) is 0 Å². The number of cyclic esters (lactones) is 1. The van der Waals surface area contributed by atoms with Gasteiger partial charge in [-0.3, -0.25) is 14.5 Å². The van der Waals surface area contributed by atoms with Crippen LogP contribution in [-0.4, -0.2) is 38.2 Å². The van der Waals surface area contributed by atoms with Gasteiger partial charge in [-0.05, 0) is 35.4 Å². The molecule has 1 aliphatic rings. The summed E-state index contributed by atoms with van der Waals surface area (Å²) in [6, 6.07) is 14.4. The summed E-state index contributed by atoms with van der Waals surface area (Å²) in [6.07, 6.45) is -0.802. The van der Waals surface area contributed by atoms with Crippen LogP contribution < -0.4 is 21.0 Å². The van der Waals surface area contributed by atoms with Crippen molar-refractivity contribution in [2.24, 2.45) is 0 Å². The highest BCUT2D eigenvalue weighted by Gasteiger charge is 2.32. The molecule has 2 aromatic rings. The molecule has 0 saturated carbocycles. The van der Waals surface area contributed by atoms with Crippen molar-refractivity contribution in [1.82, 2.24) is 5.32 Å². The highest BCUT2D eigenvalue weighted by Crippen LogP contribution is 2.26. The number of carbonyl (C=O) groups excluding carboxylic acids is 2. The van der Waals surface area contributed by atoms with Gasteiger partial charge in [-0.25, -0.2) is 4.79 Å². The number of anilines is 2. The summed E-state index contributed by atoms with van der Waals surface area (Å²) in [5.41, 5.74) is 2.99. The maximum absolute atomic E-state index is 12.1. The van der Waals surface area contributed by atoms with E-state index in [4.69, 9.17) is 4.74 Å². The molecule has 1 heterocycles. The highest BCUT2D eigenvalue weighted by atomic mass is 16.6. The Kier molecular flexibility index (Phi) is 5.40. The zero-order valence-electron chi connectivity index (χ0n) is 15.2. The van der Waals surface area contributed by atoms with Gasteiger partial charge in [-0.2, -0.15) is 0 Å². The second-order valence-electron chi connectivity index (χ2n) is 6.25. The van der Waals surface area contributed by atoms with Crippen LogP contribution in [0.1, 0.15) is 6.92 Å². The van der Waals surface area contributed by atoms with Gasteiger partial charge in [-0.1, -0.05) is 24.3 Å². The number of ether oxygens (including phenoxy) is 1. The molecule has 0 unspecified atom stereocenters. The standard InChI is InChI=1S/C20H21N3O4/c1-13(24)22-11-17-12-23(20(26)27-17)16-7-3-14(4-8-16)15-5-9-18(21-2)19(25)10-6-15/h3-10,17H,11-12H2,1-2H3,(H,21,25)(H,22,24)/t17-/m0/s1. The van der Waals surface area contributed by atoms with Crippen LogP contribution in [0.25, 0.3) is 11.1 Å². The number of hydrogen-bond acceptors (Lipinski definition) is 5. The zero-order valence-corrected chi connectivity index (χ0v) is 15.2. The second kappa shape index (κ2) is 7.90. The molecule has 1 aliphatic heterocycles. The monoisotopic (exact) mass is 367 g/mol. The van der Waals surface area contributed by atoms with E-state index in [0.717, 1.165) is 16.8 Å². The van der Waals surface area contributed by atoms with Crippen molar-refractivity contribution < 1.29 is 14.3 Å². The van der Waals surface area contributed by atoms with E-state index in [1.54, 1.807) is 19.2 Å². The van der Waals surface area contributed by atoms with Crippen molar-refractivity contribution >= 4 is 23.4 Å². The van der Waals surface area contributed by atoms with E-state index >= 15 is 0 Å². The Morgan fingerprint density at radius 1 is 1.07 bits per heavy atom. The fourth-order valence-corrected chi connectivity index (χ4v) is 2.90. The van der Waals surface area contributed by atoms with Gasteiger partial charge >= 0.3 is 6.09 Å². The van der Waals surface area contributed by atoms with Crippen LogP contribution in [0.15, 0.2) is 53.3 Å². The molecule has 0 bridgehead atoms. The molecule has 140 valence electrons. The van der Waals surface area contributed by atoms with Gasteiger partial charge in [0.25, 0.3) is 0 Å². The lowest BCUT2D eigenvalue weighted by atomic mass is 10.1. The first-order chi connectivity index (χ1) is 13.0. The Hall–Kier alpha value is -3.35. The van der Waals surface area contributed by atoms with Crippen molar-refractivity contribution in [1.29, 1.82) is 0 Å². The summed E-state index contributed by atoms with van der Waals surface area (Å²) in [5.74, 6) is -0.160. The molecule has 0 radical (unpaired) electrons. The quantitative estimate of drug-likeness (QED) is 0.846. The number of nitrogens with zero attached hydrogens (tertiary/aromatic N) is 1. The first kappa shape index (κ1) is 18.4. The second-order valence-corrected chi connectivity index (χ2v) is 6.25. The minimum atomic E-state index is -0.432. The molecule has 7 heteroatoms. The Morgan fingerprint density at radius 3 is 2.33 bits per heavy atom. The summed E-state index contributed by atoms with van der Waals surface area (Å²) >= 11 is 0. The molecule has 1 atom stereocenters. The third-order valence-electron chi connectivity index (χ3n) is 4.34. The molecule has 2 N–H and O–H groups in total. The Labute approximate surface area is 157 Å². The Balaban J connectivity index is 1.76. The van der Waals surface area contributed by atoms with Gasteiger partial charge in [0.1, 0.15) is 6.10 Å².